The maximum Gasteiger partial charge on any atom is 0.166 e. The topological polar surface area (TPSA) is 66.4 Å². The summed E-state index contributed by atoms with van der Waals surface area (Å²) in [7, 11) is 1.58. The van der Waals surface area contributed by atoms with Crippen LogP contribution in [0.15, 0.2) is 43.0 Å². The van der Waals surface area contributed by atoms with Gasteiger partial charge in [-0.2, -0.15) is 0 Å². The zero-order chi connectivity index (χ0) is 19.4. The second-order valence-electron chi connectivity index (χ2n) is 7.31. The van der Waals surface area contributed by atoms with Gasteiger partial charge in [0, 0.05) is 18.9 Å². The maximum absolute atomic E-state index is 10.8. The van der Waals surface area contributed by atoms with Crippen molar-refractivity contribution in [1.82, 2.24) is 0 Å². The summed E-state index contributed by atoms with van der Waals surface area (Å²) in [4.78, 5) is 0. The molecule has 2 aliphatic rings. The van der Waals surface area contributed by atoms with Crippen LogP contribution in [0.1, 0.15) is 19.4 Å². The number of aliphatic hydroxyl groups excluding tert-OH is 1. The normalized spacial score (nSPS) is 39.0. The summed E-state index contributed by atoms with van der Waals surface area (Å²) >= 11 is 0. The highest BCUT2D eigenvalue weighted by Gasteiger charge is 2.53. The van der Waals surface area contributed by atoms with Crippen LogP contribution in [0.2, 0.25) is 0 Å². The highest BCUT2D eigenvalue weighted by atomic mass is 16.8. The molecule has 6 nitrogen and oxygen atoms in total. The molecule has 150 valence electrons. The van der Waals surface area contributed by atoms with Gasteiger partial charge in [0.15, 0.2) is 6.29 Å². The molecule has 1 N–H and O–H groups in total. The van der Waals surface area contributed by atoms with Crippen LogP contribution < -0.4 is 0 Å². The average Bonchev–Trinajstić information content (AvgIpc) is 2.94. The molecule has 2 heterocycles. The minimum atomic E-state index is -0.719. The summed E-state index contributed by atoms with van der Waals surface area (Å²) in [6, 6.07) is 9.96. The zero-order valence-corrected chi connectivity index (χ0v) is 16.2. The number of hydrogen-bond acceptors (Lipinski definition) is 6. The SMILES string of the molecule is C=C[C@@H]1O[C@@H]2[C@@H](C)[C@H](OCOC)O[C@H]2[C@@H](OCc2ccccc2)[C@H](C)[C@H]1O. The van der Waals surface area contributed by atoms with Gasteiger partial charge < -0.3 is 28.8 Å². The van der Waals surface area contributed by atoms with Gasteiger partial charge in [-0.3, -0.25) is 0 Å². The Morgan fingerprint density at radius 2 is 1.81 bits per heavy atom. The molecule has 2 aliphatic heterocycles. The number of fused-ring (bicyclic) bond motifs is 1. The fourth-order valence-electron chi connectivity index (χ4n) is 3.87. The smallest absolute Gasteiger partial charge is 0.166 e. The fraction of sp³-hybridized carbons (Fsp3) is 0.619. The first-order valence-electron chi connectivity index (χ1n) is 9.44. The van der Waals surface area contributed by atoms with E-state index in [1.54, 1.807) is 13.2 Å². The van der Waals surface area contributed by atoms with E-state index in [1.807, 2.05) is 44.2 Å². The van der Waals surface area contributed by atoms with Crippen LogP contribution in [0.5, 0.6) is 0 Å². The first kappa shape index (κ1) is 20.5. The number of rotatable bonds is 7. The Labute approximate surface area is 161 Å². The molecule has 3 rings (SSSR count). The molecule has 1 aromatic rings. The largest absolute Gasteiger partial charge is 0.390 e. The number of hydrogen-bond donors (Lipinski definition) is 1. The predicted octanol–water partition coefficient (Wildman–Crippen LogP) is 2.50. The van der Waals surface area contributed by atoms with Crippen LogP contribution in [0.3, 0.4) is 0 Å². The van der Waals surface area contributed by atoms with E-state index < -0.39 is 18.5 Å². The van der Waals surface area contributed by atoms with Gasteiger partial charge in [0.25, 0.3) is 0 Å². The second-order valence-corrected chi connectivity index (χ2v) is 7.31. The van der Waals surface area contributed by atoms with E-state index in [0.29, 0.717) is 6.61 Å². The summed E-state index contributed by atoms with van der Waals surface area (Å²) in [6.45, 7) is 8.38. The average molecular weight is 378 g/mol. The molecule has 8 atom stereocenters. The third-order valence-electron chi connectivity index (χ3n) is 5.46. The molecular weight excluding hydrogens is 348 g/mol. The number of benzene rings is 1. The summed E-state index contributed by atoms with van der Waals surface area (Å²) in [5.41, 5.74) is 1.07. The predicted molar refractivity (Wildman–Crippen MR) is 99.8 cm³/mol. The van der Waals surface area contributed by atoms with E-state index >= 15 is 0 Å². The molecule has 0 bridgehead atoms. The molecule has 2 saturated heterocycles. The van der Waals surface area contributed by atoms with Gasteiger partial charge in [-0.1, -0.05) is 50.3 Å². The molecule has 0 radical (unpaired) electrons. The summed E-state index contributed by atoms with van der Waals surface area (Å²) in [5.74, 6) is -0.229. The van der Waals surface area contributed by atoms with Crippen LogP contribution in [0.4, 0.5) is 0 Å². The lowest BCUT2D eigenvalue weighted by Gasteiger charge is -2.30. The van der Waals surface area contributed by atoms with Crippen molar-refractivity contribution in [2.75, 3.05) is 13.9 Å². The standard InChI is InChI=1S/C21H30O6/c1-5-16-17(22)13(2)18(24-11-15-9-7-6-8-10-15)20-19(26-16)14(3)21(27-20)25-12-23-4/h5-10,13-14,16-22H,1,11-12H2,2-4H3/t13-,14-,16+,17-,18+,19-,20+,21-/m1/s1. The van der Waals surface area contributed by atoms with Crippen LogP contribution in [-0.4, -0.2) is 55.8 Å². The molecule has 2 fully saturated rings. The molecule has 0 aliphatic carbocycles. The zero-order valence-electron chi connectivity index (χ0n) is 16.2. The first-order chi connectivity index (χ1) is 13.1. The van der Waals surface area contributed by atoms with E-state index in [1.165, 1.54) is 0 Å². The van der Waals surface area contributed by atoms with E-state index in [2.05, 4.69) is 6.58 Å². The highest BCUT2D eigenvalue weighted by molar-refractivity contribution is 5.13. The lowest BCUT2D eigenvalue weighted by molar-refractivity contribution is -0.212. The van der Waals surface area contributed by atoms with Gasteiger partial charge in [0.1, 0.15) is 19.0 Å². The minimum absolute atomic E-state index is 0.0343. The van der Waals surface area contributed by atoms with Gasteiger partial charge in [0.2, 0.25) is 0 Å². The number of aliphatic hydroxyl groups is 1. The second kappa shape index (κ2) is 9.28. The van der Waals surface area contributed by atoms with Crippen molar-refractivity contribution < 1.29 is 28.8 Å². The van der Waals surface area contributed by atoms with Crippen molar-refractivity contribution >= 4 is 0 Å². The van der Waals surface area contributed by atoms with Crippen molar-refractivity contribution in [3.05, 3.63) is 48.6 Å². The molecule has 27 heavy (non-hydrogen) atoms. The Morgan fingerprint density at radius 3 is 2.48 bits per heavy atom. The molecule has 0 aromatic heterocycles. The van der Waals surface area contributed by atoms with Crippen molar-refractivity contribution in [2.45, 2.75) is 57.3 Å². The van der Waals surface area contributed by atoms with Gasteiger partial charge >= 0.3 is 0 Å². The quantitative estimate of drug-likeness (QED) is 0.581. The van der Waals surface area contributed by atoms with E-state index in [-0.39, 0.29) is 36.9 Å². The Hall–Kier alpha value is -1.28. The van der Waals surface area contributed by atoms with Crippen molar-refractivity contribution in [2.24, 2.45) is 11.8 Å². The maximum atomic E-state index is 10.8. The summed E-state index contributed by atoms with van der Waals surface area (Å²) in [5, 5.41) is 10.8. The molecule has 1 aromatic carbocycles. The number of methoxy groups -OCH3 is 1. The minimum Gasteiger partial charge on any atom is -0.390 e. The van der Waals surface area contributed by atoms with E-state index in [9.17, 15) is 5.11 Å². The van der Waals surface area contributed by atoms with Crippen molar-refractivity contribution in [3.8, 4) is 0 Å². The monoisotopic (exact) mass is 378 g/mol. The van der Waals surface area contributed by atoms with E-state index in [4.69, 9.17) is 23.7 Å². The highest BCUT2D eigenvalue weighted by Crippen LogP contribution is 2.40. The van der Waals surface area contributed by atoms with Gasteiger partial charge in [-0.05, 0) is 5.56 Å². The molecular formula is C21H30O6. The third-order valence-corrected chi connectivity index (χ3v) is 5.46. The number of ether oxygens (including phenoxy) is 5. The summed E-state index contributed by atoms with van der Waals surface area (Å²) < 4.78 is 29.3. The van der Waals surface area contributed by atoms with Crippen molar-refractivity contribution in [1.29, 1.82) is 0 Å². The van der Waals surface area contributed by atoms with Crippen LogP contribution in [0, 0.1) is 11.8 Å². The Kier molecular flexibility index (Phi) is 7.03. The lowest BCUT2D eigenvalue weighted by atomic mass is 9.89. The van der Waals surface area contributed by atoms with Crippen LogP contribution in [-0.2, 0) is 30.3 Å². The Morgan fingerprint density at radius 1 is 1.07 bits per heavy atom. The third kappa shape index (κ3) is 4.42. The molecule has 6 heteroatoms. The molecule has 0 spiro atoms. The lowest BCUT2D eigenvalue weighted by Crippen LogP contribution is -2.43. The van der Waals surface area contributed by atoms with Gasteiger partial charge in [-0.25, -0.2) is 0 Å². The molecule has 0 unspecified atom stereocenters. The summed E-state index contributed by atoms with van der Waals surface area (Å²) in [6.07, 6.45) is -0.957. The Balaban J connectivity index is 1.80. The molecule has 0 amide bonds. The van der Waals surface area contributed by atoms with Crippen molar-refractivity contribution in [3.63, 3.8) is 0 Å². The van der Waals surface area contributed by atoms with Crippen LogP contribution in [0.25, 0.3) is 0 Å². The van der Waals surface area contributed by atoms with Crippen LogP contribution >= 0.6 is 0 Å². The van der Waals surface area contributed by atoms with Gasteiger partial charge in [0.05, 0.1) is 24.9 Å². The van der Waals surface area contributed by atoms with E-state index in [0.717, 1.165) is 5.56 Å². The molecule has 0 saturated carbocycles. The Bertz CT molecular complexity index is 594. The fourth-order valence-corrected chi connectivity index (χ4v) is 3.87. The first-order valence-corrected chi connectivity index (χ1v) is 9.44. The van der Waals surface area contributed by atoms with Gasteiger partial charge in [-0.15, -0.1) is 6.58 Å².